The standard InChI is InChI=1S/C18H18F2N2O3S/c19-14-6-8-17(9-7-14)26(24,25)22-10-2-3-13(12-22)18(23)21-16-5-1-4-15(20)11-16/h1,4-9,11,13H,2-3,10,12H2,(H,21,23)/t13-/m1/s1. The predicted octanol–water partition coefficient (Wildman–Crippen LogP) is 3.00. The van der Waals surface area contributed by atoms with Crippen molar-refractivity contribution in [3.63, 3.8) is 0 Å². The van der Waals surface area contributed by atoms with Crippen molar-refractivity contribution in [3.8, 4) is 0 Å². The first-order valence-electron chi connectivity index (χ1n) is 8.18. The van der Waals surface area contributed by atoms with Crippen LogP contribution in [0.15, 0.2) is 53.4 Å². The summed E-state index contributed by atoms with van der Waals surface area (Å²) in [5.41, 5.74) is 0.327. The molecule has 1 saturated heterocycles. The predicted molar refractivity (Wildman–Crippen MR) is 92.9 cm³/mol. The first-order valence-corrected chi connectivity index (χ1v) is 9.62. The summed E-state index contributed by atoms with van der Waals surface area (Å²) in [6.45, 7) is 0.324. The van der Waals surface area contributed by atoms with Gasteiger partial charge in [0.15, 0.2) is 0 Å². The number of amides is 1. The van der Waals surface area contributed by atoms with Crippen molar-refractivity contribution in [3.05, 3.63) is 60.2 Å². The van der Waals surface area contributed by atoms with Gasteiger partial charge >= 0.3 is 0 Å². The molecule has 8 heteroatoms. The summed E-state index contributed by atoms with van der Waals surface area (Å²) >= 11 is 0. The van der Waals surface area contributed by atoms with Crippen LogP contribution < -0.4 is 5.32 Å². The van der Waals surface area contributed by atoms with Crippen LogP contribution in [0.5, 0.6) is 0 Å². The number of halogens is 2. The Morgan fingerprint density at radius 2 is 1.81 bits per heavy atom. The molecule has 0 spiro atoms. The number of nitrogens with one attached hydrogen (secondary N) is 1. The van der Waals surface area contributed by atoms with Gasteiger partial charge in [-0.3, -0.25) is 4.79 Å². The second-order valence-electron chi connectivity index (χ2n) is 6.16. The van der Waals surface area contributed by atoms with Gasteiger partial charge in [0.05, 0.1) is 10.8 Å². The highest BCUT2D eigenvalue weighted by Crippen LogP contribution is 2.25. The van der Waals surface area contributed by atoms with Gasteiger partial charge in [-0.1, -0.05) is 6.07 Å². The number of anilines is 1. The SMILES string of the molecule is O=C(Nc1cccc(F)c1)[C@@H]1CCCN(S(=O)(=O)c2ccc(F)cc2)C1. The number of carbonyl (C=O) groups excluding carboxylic acids is 1. The van der Waals surface area contributed by atoms with E-state index in [2.05, 4.69) is 5.32 Å². The Kier molecular flexibility index (Phi) is 5.33. The minimum absolute atomic E-state index is 0.00918. The molecule has 0 bridgehead atoms. The molecule has 0 unspecified atom stereocenters. The van der Waals surface area contributed by atoms with Crippen LogP contribution in [0.1, 0.15) is 12.8 Å². The zero-order valence-electron chi connectivity index (χ0n) is 13.9. The van der Waals surface area contributed by atoms with Crippen LogP contribution in [0.3, 0.4) is 0 Å². The van der Waals surface area contributed by atoms with Crippen molar-refractivity contribution < 1.29 is 22.0 Å². The number of rotatable bonds is 4. The molecule has 0 saturated carbocycles. The van der Waals surface area contributed by atoms with E-state index in [1.165, 1.54) is 34.6 Å². The average molecular weight is 380 g/mol. The second kappa shape index (κ2) is 7.51. The lowest BCUT2D eigenvalue weighted by molar-refractivity contribution is -0.120. The Labute approximate surface area is 150 Å². The van der Waals surface area contributed by atoms with Gasteiger partial charge in [0.2, 0.25) is 15.9 Å². The van der Waals surface area contributed by atoms with Crippen LogP contribution >= 0.6 is 0 Å². The van der Waals surface area contributed by atoms with E-state index in [4.69, 9.17) is 0 Å². The lowest BCUT2D eigenvalue weighted by Gasteiger charge is -2.31. The van der Waals surface area contributed by atoms with Gasteiger partial charge < -0.3 is 5.32 Å². The molecule has 138 valence electrons. The van der Waals surface area contributed by atoms with Crippen molar-refractivity contribution >= 4 is 21.6 Å². The number of hydrogen-bond acceptors (Lipinski definition) is 3. The van der Waals surface area contributed by atoms with E-state index in [0.29, 0.717) is 25.1 Å². The van der Waals surface area contributed by atoms with Crippen LogP contribution in [0.25, 0.3) is 0 Å². The van der Waals surface area contributed by atoms with E-state index in [1.807, 2.05) is 0 Å². The molecule has 1 aliphatic rings. The van der Waals surface area contributed by atoms with Gasteiger partial charge in [-0.25, -0.2) is 17.2 Å². The van der Waals surface area contributed by atoms with E-state index in [1.54, 1.807) is 6.07 Å². The minimum atomic E-state index is -3.80. The third kappa shape index (κ3) is 4.08. The highest BCUT2D eigenvalue weighted by molar-refractivity contribution is 7.89. The summed E-state index contributed by atoms with van der Waals surface area (Å²) in [5.74, 6) is -1.88. The third-order valence-electron chi connectivity index (χ3n) is 4.30. The summed E-state index contributed by atoms with van der Waals surface area (Å²) in [4.78, 5) is 12.4. The fourth-order valence-electron chi connectivity index (χ4n) is 2.94. The molecule has 5 nitrogen and oxygen atoms in total. The number of nitrogens with zero attached hydrogens (tertiary/aromatic N) is 1. The molecule has 1 atom stereocenters. The van der Waals surface area contributed by atoms with Gasteiger partial charge in [-0.05, 0) is 55.3 Å². The fraction of sp³-hybridized carbons (Fsp3) is 0.278. The van der Waals surface area contributed by atoms with Crippen LogP contribution in [0.2, 0.25) is 0 Å². The molecule has 1 amide bonds. The van der Waals surface area contributed by atoms with E-state index in [-0.39, 0.29) is 17.3 Å². The van der Waals surface area contributed by atoms with E-state index >= 15 is 0 Å². The van der Waals surface area contributed by atoms with Crippen molar-refractivity contribution in [1.29, 1.82) is 0 Å². The third-order valence-corrected chi connectivity index (χ3v) is 6.18. The van der Waals surface area contributed by atoms with E-state index in [0.717, 1.165) is 12.1 Å². The average Bonchev–Trinajstić information content (AvgIpc) is 2.62. The normalized spacial score (nSPS) is 18.5. The molecule has 26 heavy (non-hydrogen) atoms. The Bertz CT molecular complexity index is 901. The first-order chi connectivity index (χ1) is 12.4. The van der Waals surface area contributed by atoms with Crippen LogP contribution in [-0.4, -0.2) is 31.7 Å². The molecule has 1 aliphatic heterocycles. The Hall–Kier alpha value is -2.32. The van der Waals surface area contributed by atoms with Gasteiger partial charge in [0.1, 0.15) is 11.6 Å². The van der Waals surface area contributed by atoms with Crippen molar-refractivity contribution in [1.82, 2.24) is 4.31 Å². The Balaban J connectivity index is 1.72. The van der Waals surface area contributed by atoms with Gasteiger partial charge in [0.25, 0.3) is 0 Å². The smallest absolute Gasteiger partial charge is 0.243 e. The quantitative estimate of drug-likeness (QED) is 0.887. The summed E-state index contributed by atoms with van der Waals surface area (Å²) in [7, 11) is -3.80. The molecule has 2 aromatic rings. The Morgan fingerprint density at radius 1 is 1.08 bits per heavy atom. The lowest BCUT2D eigenvalue weighted by atomic mass is 9.99. The monoisotopic (exact) mass is 380 g/mol. The summed E-state index contributed by atoms with van der Waals surface area (Å²) < 4.78 is 52.9. The molecule has 3 rings (SSSR count). The topological polar surface area (TPSA) is 66.5 Å². The Morgan fingerprint density at radius 3 is 2.50 bits per heavy atom. The zero-order valence-corrected chi connectivity index (χ0v) is 14.7. The summed E-state index contributed by atoms with van der Waals surface area (Å²) in [5, 5.41) is 2.62. The van der Waals surface area contributed by atoms with E-state index < -0.39 is 27.6 Å². The number of hydrogen-bond donors (Lipinski definition) is 1. The minimum Gasteiger partial charge on any atom is -0.326 e. The molecule has 1 fully saturated rings. The largest absolute Gasteiger partial charge is 0.326 e. The molecular weight excluding hydrogens is 362 g/mol. The van der Waals surface area contributed by atoms with Crippen LogP contribution in [-0.2, 0) is 14.8 Å². The van der Waals surface area contributed by atoms with E-state index in [9.17, 15) is 22.0 Å². The number of piperidine rings is 1. The number of benzene rings is 2. The number of carbonyl (C=O) groups is 1. The molecular formula is C18H18F2N2O3S. The maximum absolute atomic E-state index is 13.2. The molecule has 1 N–H and O–H groups in total. The zero-order chi connectivity index (χ0) is 18.7. The maximum Gasteiger partial charge on any atom is 0.243 e. The molecule has 0 aliphatic carbocycles. The summed E-state index contributed by atoms with van der Waals surface area (Å²) in [6, 6.07) is 10.1. The second-order valence-corrected chi connectivity index (χ2v) is 8.09. The maximum atomic E-state index is 13.2. The van der Waals surface area contributed by atoms with Crippen molar-refractivity contribution in [2.24, 2.45) is 5.92 Å². The van der Waals surface area contributed by atoms with Crippen molar-refractivity contribution in [2.45, 2.75) is 17.7 Å². The van der Waals surface area contributed by atoms with Crippen molar-refractivity contribution in [2.75, 3.05) is 18.4 Å². The summed E-state index contributed by atoms with van der Waals surface area (Å²) in [6.07, 6.45) is 1.07. The highest BCUT2D eigenvalue weighted by Gasteiger charge is 2.33. The molecule has 0 aromatic heterocycles. The van der Waals surface area contributed by atoms with Gasteiger partial charge in [0, 0.05) is 18.8 Å². The van der Waals surface area contributed by atoms with Gasteiger partial charge in [-0.2, -0.15) is 4.31 Å². The molecule has 0 radical (unpaired) electrons. The fourth-order valence-corrected chi connectivity index (χ4v) is 4.46. The lowest BCUT2D eigenvalue weighted by Crippen LogP contribution is -2.43. The highest BCUT2D eigenvalue weighted by atomic mass is 32.2. The molecule has 1 heterocycles. The number of sulfonamides is 1. The molecule has 2 aromatic carbocycles. The van der Waals surface area contributed by atoms with Crippen LogP contribution in [0.4, 0.5) is 14.5 Å². The first kappa shape index (κ1) is 18.5. The van der Waals surface area contributed by atoms with Crippen LogP contribution in [0, 0.1) is 17.6 Å². The van der Waals surface area contributed by atoms with Gasteiger partial charge in [-0.15, -0.1) is 0 Å².